The van der Waals surface area contributed by atoms with Gasteiger partial charge >= 0.3 is 0 Å². The van der Waals surface area contributed by atoms with Crippen LogP contribution in [-0.4, -0.2) is 11.1 Å². The second-order valence-electron chi connectivity index (χ2n) is 4.71. The molecule has 1 aliphatic rings. The Morgan fingerprint density at radius 3 is 3.00 bits per heavy atom. The first-order valence-corrected chi connectivity index (χ1v) is 6.13. The first-order valence-electron chi connectivity index (χ1n) is 6.13. The Labute approximate surface area is 96.3 Å². The van der Waals surface area contributed by atoms with Crippen LogP contribution in [0.15, 0.2) is 30.5 Å². The smallest absolute Gasteiger partial charge is 0.0526 e. The van der Waals surface area contributed by atoms with Crippen LogP contribution in [0.5, 0.6) is 0 Å². The molecule has 1 atom stereocenters. The molecule has 84 valence electrons. The van der Waals surface area contributed by atoms with Gasteiger partial charge in [-0.25, -0.2) is 0 Å². The number of nitrogens with one attached hydrogen (secondary N) is 1. The molecule has 0 radical (unpaired) electrons. The number of para-hydroxylation sites is 1. The second kappa shape index (κ2) is 3.95. The van der Waals surface area contributed by atoms with Gasteiger partial charge in [-0.3, -0.25) is 0 Å². The number of hydrogen-bond acceptors (Lipinski definition) is 1. The Morgan fingerprint density at radius 1 is 1.25 bits per heavy atom. The Morgan fingerprint density at radius 2 is 2.19 bits per heavy atom. The number of rotatable bonds is 1. The van der Waals surface area contributed by atoms with Gasteiger partial charge in [0.05, 0.1) is 5.52 Å². The molecule has 1 unspecified atom stereocenters. The van der Waals surface area contributed by atoms with Crippen molar-refractivity contribution in [2.45, 2.75) is 25.3 Å². The molecule has 1 aromatic heterocycles. The van der Waals surface area contributed by atoms with Gasteiger partial charge < -0.3 is 9.88 Å². The molecule has 1 aromatic carbocycles. The normalized spacial score (nSPS) is 21.4. The number of piperidine rings is 1. The minimum absolute atomic E-state index is 0.547. The van der Waals surface area contributed by atoms with Crippen LogP contribution >= 0.6 is 0 Å². The molecule has 2 heterocycles. The van der Waals surface area contributed by atoms with Crippen molar-refractivity contribution in [3.63, 3.8) is 0 Å². The van der Waals surface area contributed by atoms with E-state index in [1.54, 1.807) is 0 Å². The van der Waals surface area contributed by atoms with Gasteiger partial charge in [0.25, 0.3) is 0 Å². The molecule has 2 aromatic rings. The molecule has 1 N–H and O–H groups in total. The van der Waals surface area contributed by atoms with E-state index in [0.717, 1.165) is 6.54 Å². The van der Waals surface area contributed by atoms with Gasteiger partial charge in [-0.05, 0) is 36.4 Å². The molecule has 0 bridgehead atoms. The first kappa shape index (κ1) is 9.91. The van der Waals surface area contributed by atoms with E-state index in [4.69, 9.17) is 0 Å². The summed E-state index contributed by atoms with van der Waals surface area (Å²) in [4.78, 5) is 0. The lowest BCUT2D eigenvalue weighted by Gasteiger charge is -2.24. The van der Waals surface area contributed by atoms with E-state index >= 15 is 0 Å². The summed E-state index contributed by atoms with van der Waals surface area (Å²) in [7, 11) is 2.13. The molecule has 0 aliphatic carbocycles. The van der Waals surface area contributed by atoms with E-state index in [9.17, 15) is 0 Å². The Balaban J connectivity index is 2.10. The molecule has 16 heavy (non-hydrogen) atoms. The minimum Gasteiger partial charge on any atom is -0.350 e. The summed E-state index contributed by atoms with van der Waals surface area (Å²) in [6.07, 6.45) is 6.08. The van der Waals surface area contributed by atoms with Gasteiger partial charge in [0.2, 0.25) is 0 Å². The molecule has 3 rings (SSSR count). The van der Waals surface area contributed by atoms with Crippen molar-refractivity contribution < 1.29 is 0 Å². The number of hydrogen-bond donors (Lipinski definition) is 1. The third-order valence-electron chi connectivity index (χ3n) is 3.61. The summed E-state index contributed by atoms with van der Waals surface area (Å²) in [6, 6.07) is 9.38. The molecular formula is C14H18N2. The Hall–Kier alpha value is -1.28. The van der Waals surface area contributed by atoms with Crippen LogP contribution in [0, 0.1) is 0 Å². The fourth-order valence-corrected chi connectivity index (χ4v) is 2.79. The predicted octanol–water partition coefficient (Wildman–Crippen LogP) is 2.99. The SMILES string of the molecule is Cn1ccc2cccc(C3CCCCN3)c21. The van der Waals surface area contributed by atoms with Crippen molar-refractivity contribution in [2.75, 3.05) is 6.54 Å². The van der Waals surface area contributed by atoms with Crippen molar-refractivity contribution in [2.24, 2.45) is 7.05 Å². The van der Waals surface area contributed by atoms with Gasteiger partial charge in [0.1, 0.15) is 0 Å². The highest BCUT2D eigenvalue weighted by molar-refractivity contribution is 5.83. The summed E-state index contributed by atoms with van der Waals surface area (Å²) >= 11 is 0. The highest BCUT2D eigenvalue weighted by atomic mass is 15.0. The maximum atomic E-state index is 3.63. The average molecular weight is 214 g/mol. The van der Waals surface area contributed by atoms with Crippen LogP contribution in [-0.2, 0) is 7.05 Å². The summed E-state index contributed by atoms with van der Waals surface area (Å²) in [5.41, 5.74) is 2.85. The van der Waals surface area contributed by atoms with Gasteiger partial charge in [0, 0.05) is 19.3 Å². The zero-order valence-corrected chi connectivity index (χ0v) is 9.74. The highest BCUT2D eigenvalue weighted by Gasteiger charge is 2.17. The molecular weight excluding hydrogens is 196 g/mol. The van der Waals surface area contributed by atoms with Gasteiger partial charge in [-0.1, -0.05) is 24.6 Å². The van der Waals surface area contributed by atoms with Crippen molar-refractivity contribution in [1.82, 2.24) is 9.88 Å². The average Bonchev–Trinajstić information content (AvgIpc) is 2.73. The Bertz CT molecular complexity index is 492. The molecule has 0 amide bonds. The molecule has 1 aliphatic heterocycles. The largest absolute Gasteiger partial charge is 0.350 e. The van der Waals surface area contributed by atoms with E-state index in [1.165, 1.54) is 35.7 Å². The van der Waals surface area contributed by atoms with E-state index in [-0.39, 0.29) is 0 Å². The standard InChI is InChI=1S/C14H18N2/c1-16-10-8-11-5-4-6-12(14(11)16)13-7-2-3-9-15-13/h4-6,8,10,13,15H,2-3,7,9H2,1H3. The second-order valence-corrected chi connectivity index (χ2v) is 4.71. The van der Waals surface area contributed by atoms with E-state index in [2.05, 4.69) is 47.4 Å². The third-order valence-corrected chi connectivity index (χ3v) is 3.61. The Kier molecular flexibility index (Phi) is 2.44. The van der Waals surface area contributed by atoms with Crippen molar-refractivity contribution in [3.8, 4) is 0 Å². The lowest BCUT2D eigenvalue weighted by atomic mass is 9.96. The maximum Gasteiger partial charge on any atom is 0.0526 e. The number of aryl methyl sites for hydroxylation is 1. The first-order chi connectivity index (χ1) is 7.86. The van der Waals surface area contributed by atoms with Gasteiger partial charge in [0.15, 0.2) is 0 Å². The van der Waals surface area contributed by atoms with Crippen LogP contribution < -0.4 is 5.32 Å². The summed E-state index contributed by atoms with van der Waals surface area (Å²) in [5.74, 6) is 0. The number of fused-ring (bicyclic) bond motifs is 1. The number of nitrogens with zero attached hydrogens (tertiary/aromatic N) is 1. The summed E-state index contributed by atoms with van der Waals surface area (Å²) in [5, 5.41) is 4.99. The molecule has 2 heteroatoms. The topological polar surface area (TPSA) is 17.0 Å². The lowest BCUT2D eigenvalue weighted by Crippen LogP contribution is -2.27. The molecule has 2 nitrogen and oxygen atoms in total. The van der Waals surface area contributed by atoms with E-state index in [0.29, 0.717) is 6.04 Å². The van der Waals surface area contributed by atoms with Crippen molar-refractivity contribution in [1.29, 1.82) is 0 Å². The third kappa shape index (κ3) is 1.54. The van der Waals surface area contributed by atoms with Crippen LogP contribution in [0.4, 0.5) is 0 Å². The zero-order valence-electron chi connectivity index (χ0n) is 9.74. The van der Waals surface area contributed by atoms with Crippen molar-refractivity contribution in [3.05, 3.63) is 36.0 Å². The molecule has 1 saturated heterocycles. The van der Waals surface area contributed by atoms with Crippen LogP contribution in [0.3, 0.4) is 0 Å². The van der Waals surface area contributed by atoms with Crippen LogP contribution in [0.25, 0.3) is 10.9 Å². The quantitative estimate of drug-likeness (QED) is 0.772. The highest BCUT2D eigenvalue weighted by Crippen LogP contribution is 2.29. The minimum atomic E-state index is 0.547. The number of aromatic nitrogens is 1. The monoisotopic (exact) mass is 214 g/mol. The van der Waals surface area contributed by atoms with E-state index < -0.39 is 0 Å². The fraction of sp³-hybridized carbons (Fsp3) is 0.429. The van der Waals surface area contributed by atoms with Crippen LogP contribution in [0.2, 0.25) is 0 Å². The zero-order chi connectivity index (χ0) is 11.0. The summed E-state index contributed by atoms with van der Waals surface area (Å²) < 4.78 is 2.24. The molecule has 0 spiro atoms. The number of benzene rings is 1. The predicted molar refractivity (Wildman–Crippen MR) is 67.5 cm³/mol. The molecule has 1 fully saturated rings. The lowest BCUT2D eigenvalue weighted by molar-refractivity contribution is 0.413. The van der Waals surface area contributed by atoms with Crippen LogP contribution in [0.1, 0.15) is 30.9 Å². The van der Waals surface area contributed by atoms with Crippen molar-refractivity contribution >= 4 is 10.9 Å². The van der Waals surface area contributed by atoms with Gasteiger partial charge in [-0.2, -0.15) is 0 Å². The summed E-state index contributed by atoms with van der Waals surface area (Å²) in [6.45, 7) is 1.16. The fourth-order valence-electron chi connectivity index (χ4n) is 2.79. The maximum absolute atomic E-state index is 3.63. The van der Waals surface area contributed by atoms with E-state index in [1.807, 2.05) is 0 Å². The molecule has 0 saturated carbocycles. The van der Waals surface area contributed by atoms with Gasteiger partial charge in [-0.15, -0.1) is 0 Å².